The largest absolute Gasteiger partial charge is 0.477 e. The molecule has 2 fully saturated rings. The van der Waals surface area contributed by atoms with Gasteiger partial charge in [-0.1, -0.05) is 0 Å². The van der Waals surface area contributed by atoms with Gasteiger partial charge in [-0.15, -0.1) is 0 Å². The summed E-state index contributed by atoms with van der Waals surface area (Å²) in [6.07, 6.45) is 8.55. The summed E-state index contributed by atoms with van der Waals surface area (Å²) in [7, 11) is 3.98. The van der Waals surface area contributed by atoms with Gasteiger partial charge in [-0.25, -0.2) is 9.78 Å². The van der Waals surface area contributed by atoms with Gasteiger partial charge >= 0.3 is 5.97 Å². The van der Waals surface area contributed by atoms with Crippen LogP contribution in [0.2, 0.25) is 0 Å². The zero-order valence-electron chi connectivity index (χ0n) is 13.0. The maximum atomic E-state index is 11.5. The van der Waals surface area contributed by atoms with Gasteiger partial charge < -0.3 is 5.11 Å². The maximum Gasteiger partial charge on any atom is 0.345 e. The molecule has 1 aromatic rings. The highest BCUT2D eigenvalue weighted by molar-refractivity contribution is 5.92. The molecular weight excluding hydrogens is 280 g/mol. The molecule has 1 heterocycles. The van der Waals surface area contributed by atoms with E-state index in [-0.39, 0.29) is 11.4 Å². The van der Waals surface area contributed by atoms with Crippen molar-refractivity contribution in [2.75, 3.05) is 14.1 Å². The van der Waals surface area contributed by atoms with Crippen molar-refractivity contribution in [2.24, 2.45) is 5.41 Å². The monoisotopic (exact) mass is 301 g/mol. The van der Waals surface area contributed by atoms with Crippen molar-refractivity contribution < 1.29 is 9.90 Å². The number of carbonyl (C=O) groups is 1. The highest BCUT2D eigenvalue weighted by Gasteiger charge is 2.49. The lowest BCUT2D eigenvalue weighted by Gasteiger charge is -2.41. The van der Waals surface area contributed by atoms with E-state index in [9.17, 15) is 9.90 Å². The molecule has 2 aliphatic carbocycles. The van der Waals surface area contributed by atoms with Crippen LogP contribution in [-0.4, -0.2) is 41.2 Å². The van der Waals surface area contributed by atoms with Crippen LogP contribution < -0.4 is 4.48 Å². The number of nitrogens with zero attached hydrogens (tertiary/aromatic N) is 4. The van der Waals surface area contributed by atoms with Crippen LogP contribution in [0.15, 0.2) is 6.20 Å². The molecule has 1 aromatic heterocycles. The van der Waals surface area contributed by atoms with Gasteiger partial charge in [0.1, 0.15) is 6.07 Å². The zero-order chi connectivity index (χ0) is 16.0. The number of hydrogen-bond acceptors (Lipinski definition) is 4. The Balaban J connectivity index is 1.93. The Morgan fingerprint density at radius 2 is 2.00 bits per heavy atom. The molecule has 6 nitrogen and oxygen atoms in total. The van der Waals surface area contributed by atoms with Gasteiger partial charge in [-0.05, 0) is 31.1 Å². The van der Waals surface area contributed by atoms with Crippen molar-refractivity contribution in [2.45, 2.75) is 44.6 Å². The van der Waals surface area contributed by atoms with E-state index in [1.807, 2.05) is 20.2 Å². The van der Waals surface area contributed by atoms with Crippen LogP contribution in [0, 0.1) is 16.7 Å². The van der Waals surface area contributed by atoms with Crippen molar-refractivity contribution in [3.05, 3.63) is 17.6 Å². The van der Waals surface area contributed by atoms with Crippen LogP contribution in [0.4, 0.5) is 5.82 Å². The molecule has 2 aliphatic rings. The number of carboxylic acid groups (broad SMARTS) is 1. The molecule has 3 rings (SSSR count). The molecule has 0 unspecified atom stereocenters. The van der Waals surface area contributed by atoms with E-state index in [1.165, 1.54) is 31.9 Å². The van der Waals surface area contributed by atoms with E-state index in [0.29, 0.717) is 21.8 Å². The molecule has 0 bridgehead atoms. The van der Waals surface area contributed by atoms with Crippen LogP contribution in [0.3, 0.4) is 0 Å². The minimum Gasteiger partial charge on any atom is -0.477 e. The van der Waals surface area contributed by atoms with Crippen molar-refractivity contribution in [3.63, 3.8) is 0 Å². The topological polar surface area (TPSA) is 86.9 Å². The van der Waals surface area contributed by atoms with Gasteiger partial charge in [0.05, 0.1) is 26.3 Å². The molecule has 2 saturated carbocycles. The molecule has 0 radical (unpaired) electrons. The average Bonchev–Trinajstić information content (AvgIpc) is 3.26. The van der Waals surface area contributed by atoms with E-state index in [4.69, 9.17) is 5.26 Å². The summed E-state index contributed by atoms with van der Waals surface area (Å²) < 4.78 is 0.398. The molecule has 0 amide bonds. The summed E-state index contributed by atoms with van der Waals surface area (Å²) in [5, 5.41) is 18.4. The molecule has 1 N–H and O–H groups in total. The van der Waals surface area contributed by atoms with Gasteiger partial charge in [0.2, 0.25) is 11.6 Å². The lowest BCUT2D eigenvalue weighted by Crippen LogP contribution is -2.53. The standard InChI is InChI=1S/C16H20N4O2/c1-20(2,11-3-5-16(6-4-11)7-8-16)14-12(15(21)22)10-18-13(9-17)19-14/h10-11H,3-8H2,1-2H3/p+1. The molecule has 0 saturated heterocycles. The van der Waals surface area contributed by atoms with Gasteiger partial charge in [0.15, 0.2) is 5.56 Å². The van der Waals surface area contributed by atoms with E-state index < -0.39 is 5.97 Å². The first kappa shape index (κ1) is 14.9. The molecule has 0 aliphatic heterocycles. The first-order valence-corrected chi connectivity index (χ1v) is 7.73. The fourth-order valence-corrected chi connectivity index (χ4v) is 3.73. The Kier molecular flexibility index (Phi) is 3.41. The maximum absolute atomic E-state index is 11.5. The summed E-state index contributed by atoms with van der Waals surface area (Å²) in [5.41, 5.74) is 0.686. The molecule has 22 heavy (non-hydrogen) atoms. The lowest BCUT2D eigenvalue weighted by atomic mass is 9.82. The number of nitriles is 1. The number of carboxylic acids is 1. The highest BCUT2D eigenvalue weighted by atomic mass is 16.4. The highest BCUT2D eigenvalue weighted by Crippen LogP contribution is 2.57. The van der Waals surface area contributed by atoms with Crippen molar-refractivity contribution in [1.29, 1.82) is 5.26 Å². The molecule has 1 spiro atoms. The molecule has 116 valence electrons. The second-order valence-corrected chi connectivity index (χ2v) is 7.12. The lowest BCUT2D eigenvalue weighted by molar-refractivity contribution is 0.0691. The fraction of sp³-hybridized carbons (Fsp3) is 0.625. The van der Waals surface area contributed by atoms with E-state index in [2.05, 4.69) is 9.97 Å². The Labute approximate surface area is 130 Å². The summed E-state index contributed by atoms with van der Waals surface area (Å²) in [6, 6.07) is 2.25. The van der Waals surface area contributed by atoms with Crippen molar-refractivity contribution in [1.82, 2.24) is 14.5 Å². The molecule has 6 heteroatoms. The third-order valence-corrected chi connectivity index (χ3v) is 5.53. The summed E-state index contributed by atoms with van der Waals surface area (Å²) >= 11 is 0. The van der Waals surface area contributed by atoms with Crippen LogP contribution in [0.1, 0.15) is 54.7 Å². The predicted octanol–water partition coefficient (Wildman–Crippen LogP) is 2.34. The van der Waals surface area contributed by atoms with Crippen LogP contribution in [0.25, 0.3) is 0 Å². The number of hydrogen-bond donors (Lipinski definition) is 1. The van der Waals surface area contributed by atoms with E-state index in [0.717, 1.165) is 12.8 Å². The smallest absolute Gasteiger partial charge is 0.345 e. The SMILES string of the molecule is C[N+](C)(c1nc(C#N)ncc1C(=O)O)C1CCC2(CC1)CC2. The second-order valence-electron chi connectivity index (χ2n) is 7.12. The third kappa shape index (κ3) is 2.46. The van der Waals surface area contributed by atoms with Gasteiger partial charge in [-0.3, -0.25) is 4.48 Å². The minimum atomic E-state index is -1.04. The first-order chi connectivity index (χ1) is 10.4. The quantitative estimate of drug-likeness (QED) is 0.866. The van der Waals surface area contributed by atoms with Crippen LogP contribution in [0.5, 0.6) is 0 Å². The molecule has 0 aromatic carbocycles. The Hall–Kier alpha value is -2.00. The third-order valence-electron chi connectivity index (χ3n) is 5.53. The zero-order valence-corrected chi connectivity index (χ0v) is 13.0. The van der Waals surface area contributed by atoms with Crippen LogP contribution >= 0.6 is 0 Å². The van der Waals surface area contributed by atoms with E-state index in [1.54, 1.807) is 0 Å². The van der Waals surface area contributed by atoms with Gasteiger partial charge in [0.25, 0.3) is 0 Å². The van der Waals surface area contributed by atoms with Gasteiger partial charge in [-0.2, -0.15) is 10.2 Å². The van der Waals surface area contributed by atoms with Crippen molar-refractivity contribution >= 4 is 11.8 Å². The summed E-state index contributed by atoms with van der Waals surface area (Å²) in [6.45, 7) is 0. The normalized spacial score (nSPS) is 20.6. The second kappa shape index (κ2) is 5.03. The fourth-order valence-electron chi connectivity index (χ4n) is 3.73. The van der Waals surface area contributed by atoms with E-state index >= 15 is 0 Å². The average molecular weight is 301 g/mol. The Bertz CT molecular complexity index is 649. The Morgan fingerprint density at radius 1 is 1.36 bits per heavy atom. The number of rotatable bonds is 3. The molecule has 0 atom stereocenters. The molecular formula is C16H21N4O2+. The predicted molar refractivity (Wildman–Crippen MR) is 81.3 cm³/mol. The van der Waals surface area contributed by atoms with Crippen molar-refractivity contribution in [3.8, 4) is 6.07 Å². The number of quaternary nitrogens is 1. The summed E-state index contributed by atoms with van der Waals surface area (Å²) in [5.74, 6) is -0.573. The minimum absolute atomic E-state index is 0.0284. The first-order valence-electron chi connectivity index (χ1n) is 7.73. The summed E-state index contributed by atoms with van der Waals surface area (Å²) in [4.78, 5) is 19.5. The van der Waals surface area contributed by atoms with Crippen LogP contribution in [-0.2, 0) is 0 Å². The van der Waals surface area contributed by atoms with Gasteiger partial charge in [0, 0.05) is 12.8 Å². The Morgan fingerprint density at radius 3 is 2.50 bits per heavy atom. The number of aromatic carboxylic acids is 1. The number of aromatic nitrogens is 2.